The number of nitrogens with zero attached hydrogens (tertiary/aromatic N) is 1. The van der Waals surface area contributed by atoms with Gasteiger partial charge in [-0.2, -0.15) is 0 Å². The second-order valence-electron chi connectivity index (χ2n) is 9.70. The molecule has 4 rings (SSSR count). The monoisotopic (exact) mass is 568 g/mol. The van der Waals surface area contributed by atoms with Crippen LogP contribution in [0.3, 0.4) is 0 Å². The molecule has 1 aliphatic rings. The standard InChI is InChI=1S/C34H36N2O6/c1-39-20-21-41-34(38)29(17-15-26-16-18-31(40-2)32(23-26)42-28-13-6-7-14-28)30(22-25-10-4-3-5-11-25)33(37)36-24-27-12-8-9-19-35-27/h3-5,8-12,15-16,18-19,22-23,28H,6-7,13-14,20-21,24H2,1-2H3,(H,36,37)/b30-22-. The van der Waals surface area contributed by atoms with Crippen molar-refractivity contribution in [2.75, 3.05) is 27.4 Å². The number of rotatable bonds is 13. The van der Waals surface area contributed by atoms with Crippen LogP contribution in [-0.2, 0) is 25.6 Å². The van der Waals surface area contributed by atoms with E-state index in [1.165, 1.54) is 7.11 Å². The van der Waals surface area contributed by atoms with Gasteiger partial charge in [-0.25, -0.2) is 4.79 Å². The molecule has 1 N–H and O–H groups in total. The van der Waals surface area contributed by atoms with Crippen molar-refractivity contribution < 1.29 is 28.5 Å². The van der Waals surface area contributed by atoms with E-state index in [0.717, 1.165) is 36.8 Å². The second kappa shape index (κ2) is 16.0. The van der Waals surface area contributed by atoms with Crippen molar-refractivity contribution in [3.05, 3.63) is 107 Å². The van der Waals surface area contributed by atoms with Gasteiger partial charge >= 0.3 is 5.97 Å². The van der Waals surface area contributed by atoms with Crippen molar-refractivity contribution in [1.82, 2.24) is 10.3 Å². The van der Waals surface area contributed by atoms with Gasteiger partial charge in [0.25, 0.3) is 5.91 Å². The maximum absolute atomic E-state index is 13.6. The Hall–Kier alpha value is -4.65. The zero-order valence-corrected chi connectivity index (χ0v) is 24.0. The van der Waals surface area contributed by atoms with Crippen molar-refractivity contribution in [1.29, 1.82) is 0 Å². The number of carbonyl (C=O) groups is 2. The normalized spacial score (nSPS) is 13.1. The Labute approximate surface area is 246 Å². The SMILES string of the molecule is COCCOC(=O)C(=C=Cc1ccc(OC)c(OC2CCCC2)c1)/C(=C/c1ccccc1)C(=O)NCc1ccccn1. The number of esters is 1. The van der Waals surface area contributed by atoms with E-state index < -0.39 is 11.9 Å². The lowest BCUT2D eigenvalue weighted by Crippen LogP contribution is -2.28. The Morgan fingerprint density at radius 3 is 2.45 bits per heavy atom. The summed E-state index contributed by atoms with van der Waals surface area (Å²) in [5.74, 6) is 0.0802. The lowest BCUT2D eigenvalue weighted by Gasteiger charge is -2.16. The van der Waals surface area contributed by atoms with Crippen LogP contribution in [0.5, 0.6) is 11.5 Å². The third-order valence-electron chi connectivity index (χ3n) is 6.67. The number of methoxy groups -OCH3 is 2. The van der Waals surface area contributed by atoms with Gasteiger partial charge in [0.15, 0.2) is 11.5 Å². The first-order valence-electron chi connectivity index (χ1n) is 14.0. The van der Waals surface area contributed by atoms with Crippen LogP contribution in [0, 0.1) is 0 Å². The molecule has 1 heterocycles. The van der Waals surface area contributed by atoms with Gasteiger partial charge in [-0.05, 0) is 73.2 Å². The average Bonchev–Trinajstić information content (AvgIpc) is 3.54. The third-order valence-corrected chi connectivity index (χ3v) is 6.67. The number of pyridine rings is 1. The van der Waals surface area contributed by atoms with E-state index in [4.69, 9.17) is 18.9 Å². The zero-order chi connectivity index (χ0) is 29.6. The molecule has 0 spiro atoms. The number of benzene rings is 2. The van der Waals surface area contributed by atoms with E-state index in [-0.39, 0.29) is 37.0 Å². The van der Waals surface area contributed by atoms with Crippen molar-refractivity contribution in [2.45, 2.75) is 38.3 Å². The average molecular weight is 569 g/mol. The fourth-order valence-corrected chi connectivity index (χ4v) is 4.49. The minimum atomic E-state index is -0.700. The lowest BCUT2D eigenvalue weighted by atomic mass is 10.0. The summed E-state index contributed by atoms with van der Waals surface area (Å²) < 4.78 is 22.2. The molecule has 0 radical (unpaired) electrons. The molecule has 0 atom stereocenters. The van der Waals surface area contributed by atoms with Crippen LogP contribution in [0.4, 0.5) is 0 Å². The maximum Gasteiger partial charge on any atom is 0.346 e. The maximum atomic E-state index is 13.6. The van der Waals surface area contributed by atoms with Crippen LogP contribution in [0.15, 0.2) is 89.8 Å². The Morgan fingerprint density at radius 2 is 1.74 bits per heavy atom. The Balaban J connectivity index is 1.73. The number of amides is 1. The zero-order valence-electron chi connectivity index (χ0n) is 24.0. The highest BCUT2D eigenvalue weighted by Gasteiger charge is 2.23. The minimum Gasteiger partial charge on any atom is -0.493 e. The molecule has 3 aromatic rings. The fraction of sp³-hybridized carbons (Fsp3) is 0.294. The van der Waals surface area contributed by atoms with Crippen molar-refractivity contribution >= 4 is 24.0 Å². The summed E-state index contributed by atoms with van der Waals surface area (Å²) in [6.07, 6.45) is 9.37. The van der Waals surface area contributed by atoms with Crippen LogP contribution in [0.2, 0.25) is 0 Å². The van der Waals surface area contributed by atoms with Crippen molar-refractivity contribution in [3.8, 4) is 11.5 Å². The van der Waals surface area contributed by atoms with Crippen LogP contribution in [-0.4, -0.2) is 50.4 Å². The number of nitrogens with one attached hydrogen (secondary N) is 1. The highest BCUT2D eigenvalue weighted by molar-refractivity contribution is 6.12. The summed E-state index contributed by atoms with van der Waals surface area (Å²) in [7, 11) is 3.12. The van der Waals surface area contributed by atoms with Crippen molar-refractivity contribution in [2.24, 2.45) is 0 Å². The predicted molar refractivity (Wildman–Crippen MR) is 161 cm³/mol. The number of hydrogen-bond donors (Lipinski definition) is 1. The largest absolute Gasteiger partial charge is 0.493 e. The summed E-state index contributed by atoms with van der Waals surface area (Å²) in [4.78, 5) is 31.2. The molecule has 1 fully saturated rings. The van der Waals surface area contributed by atoms with Crippen LogP contribution in [0.1, 0.15) is 42.5 Å². The smallest absolute Gasteiger partial charge is 0.346 e. The first kappa shape index (κ1) is 30.3. The van der Waals surface area contributed by atoms with Gasteiger partial charge in [-0.1, -0.05) is 42.5 Å². The first-order valence-corrected chi connectivity index (χ1v) is 14.0. The van der Waals surface area contributed by atoms with E-state index >= 15 is 0 Å². The molecule has 1 saturated carbocycles. The first-order chi connectivity index (χ1) is 20.6. The van der Waals surface area contributed by atoms with Crippen LogP contribution >= 0.6 is 0 Å². The quantitative estimate of drug-likeness (QED) is 0.0951. The number of ether oxygens (including phenoxy) is 4. The van der Waals surface area contributed by atoms with Gasteiger partial charge in [0.2, 0.25) is 0 Å². The Kier molecular flexibility index (Phi) is 11.5. The molecular formula is C34H36N2O6. The van der Waals surface area contributed by atoms with E-state index in [1.54, 1.807) is 31.5 Å². The van der Waals surface area contributed by atoms with E-state index in [0.29, 0.717) is 17.2 Å². The Morgan fingerprint density at radius 1 is 0.952 bits per heavy atom. The van der Waals surface area contributed by atoms with Gasteiger partial charge in [0.05, 0.1) is 37.6 Å². The molecule has 42 heavy (non-hydrogen) atoms. The molecule has 8 heteroatoms. The molecule has 0 aliphatic heterocycles. The van der Waals surface area contributed by atoms with E-state index in [2.05, 4.69) is 16.0 Å². The summed E-state index contributed by atoms with van der Waals surface area (Å²) in [5, 5.41) is 2.87. The third kappa shape index (κ3) is 8.93. The predicted octanol–water partition coefficient (Wildman–Crippen LogP) is 5.54. The highest BCUT2D eigenvalue weighted by Crippen LogP contribution is 2.33. The van der Waals surface area contributed by atoms with Gasteiger partial charge < -0.3 is 24.3 Å². The highest BCUT2D eigenvalue weighted by atomic mass is 16.6. The fourth-order valence-electron chi connectivity index (χ4n) is 4.49. The molecule has 1 aromatic heterocycles. The summed E-state index contributed by atoms with van der Waals surface area (Å²) in [5.41, 5.74) is 5.27. The molecule has 0 saturated heterocycles. The molecule has 0 bridgehead atoms. The molecule has 2 aromatic carbocycles. The van der Waals surface area contributed by atoms with Gasteiger partial charge in [-0.15, -0.1) is 5.73 Å². The number of carbonyl (C=O) groups excluding carboxylic acids is 2. The summed E-state index contributed by atoms with van der Waals surface area (Å²) >= 11 is 0. The van der Waals surface area contributed by atoms with E-state index in [9.17, 15) is 9.59 Å². The lowest BCUT2D eigenvalue weighted by molar-refractivity contribution is -0.140. The molecule has 0 unspecified atom stereocenters. The van der Waals surface area contributed by atoms with Gasteiger partial charge in [0, 0.05) is 13.3 Å². The molecule has 1 amide bonds. The second-order valence-corrected chi connectivity index (χ2v) is 9.70. The summed E-state index contributed by atoms with van der Waals surface area (Å²) in [6, 6.07) is 20.2. The topological polar surface area (TPSA) is 96.0 Å². The van der Waals surface area contributed by atoms with Crippen LogP contribution in [0.25, 0.3) is 12.2 Å². The molecule has 8 nitrogen and oxygen atoms in total. The Bertz CT molecular complexity index is 1420. The van der Waals surface area contributed by atoms with E-state index in [1.807, 2.05) is 60.7 Å². The molecular weight excluding hydrogens is 532 g/mol. The van der Waals surface area contributed by atoms with Crippen LogP contribution < -0.4 is 14.8 Å². The van der Waals surface area contributed by atoms with Crippen molar-refractivity contribution in [3.63, 3.8) is 0 Å². The molecule has 1 aliphatic carbocycles. The minimum absolute atomic E-state index is 0.0244. The van der Waals surface area contributed by atoms with Gasteiger partial charge in [0.1, 0.15) is 12.2 Å². The summed E-state index contributed by atoms with van der Waals surface area (Å²) in [6.45, 7) is 0.422. The molecule has 218 valence electrons. The van der Waals surface area contributed by atoms with Gasteiger partial charge in [-0.3, -0.25) is 9.78 Å². The number of hydrogen-bond acceptors (Lipinski definition) is 7. The number of aromatic nitrogens is 1.